The summed E-state index contributed by atoms with van der Waals surface area (Å²) < 4.78 is 22.3. The van der Waals surface area contributed by atoms with Crippen molar-refractivity contribution in [3.05, 3.63) is 48.4 Å². The standard InChI is InChI=1S/C29H33FN6O2/c1-35-11-5-9-21(35)17-38-29-33-27-23(28(34-29)36-12-4-8-20(31)10-13-36)16-32-26(25(27)30)22-14-18-6-2-3-7-19(18)15-24(22)37/h2-3,6-7,14-16,20-21,37H,4-5,8-13,17,31H2,1H3/t20?,21-/m0/s1. The van der Waals surface area contributed by atoms with Crippen molar-refractivity contribution in [2.75, 3.05) is 38.2 Å². The average Bonchev–Trinajstić information content (AvgIpc) is 3.21. The number of halogens is 1. The van der Waals surface area contributed by atoms with Crippen LogP contribution in [0.2, 0.25) is 0 Å². The van der Waals surface area contributed by atoms with E-state index in [-0.39, 0.29) is 35.1 Å². The molecule has 2 saturated heterocycles. The van der Waals surface area contributed by atoms with Gasteiger partial charge in [-0.15, -0.1) is 0 Å². The molecule has 2 atom stereocenters. The number of hydrogen-bond acceptors (Lipinski definition) is 8. The maximum atomic E-state index is 16.2. The van der Waals surface area contributed by atoms with Gasteiger partial charge in [-0.25, -0.2) is 4.39 Å². The van der Waals surface area contributed by atoms with E-state index in [4.69, 9.17) is 15.5 Å². The lowest BCUT2D eigenvalue weighted by molar-refractivity contribution is 0.188. The molecule has 0 amide bonds. The number of likely N-dealkylation sites (tertiary alicyclic amines) is 1. The van der Waals surface area contributed by atoms with Crippen LogP contribution in [0.4, 0.5) is 10.2 Å². The summed E-state index contributed by atoms with van der Waals surface area (Å²) in [6, 6.07) is 11.6. The third kappa shape index (κ3) is 4.72. The fourth-order valence-electron chi connectivity index (χ4n) is 5.63. The molecule has 8 nitrogen and oxygen atoms in total. The maximum Gasteiger partial charge on any atom is 0.319 e. The van der Waals surface area contributed by atoms with Crippen molar-refractivity contribution in [2.45, 2.75) is 44.2 Å². The van der Waals surface area contributed by atoms with E-state index in [1.165, 1.54) is 0 Å². The predicted octanol–water partition coefficient (Wildman–Crippen LogP) is 4.48. The van der Waals surface area contributed by atoms with E-state index in [0.29, 0.717) is 29.9 Å². The second kappa shape index (κ2) is 10.3. The fraction of sp³-hybridized carbons (Fsp3) is 0.414. The zero-order valence-electron chi connectivity index (χ0n) is 21.6. The first-order valence-electron chi connectivity index (χ1n) is 13.4. The van der Waals surface area contributed by atoms with Gasteiger partial charge >= 0.3 is 6.01 Å². The minimum Gasteiger partial charge on any atom is -0.507 e. The number of benzene rings is 2. The van der Waals surface area contributed by atoms with Crippen molar-refractivity contribution in [3.8, 4) is 23.0 Å². The van der Waals surface area contributed by atoms with Crippen LogP contribution < -0.4 is 15.4 Å². The molecule has 9 heteroatoms. The molecular weight excluding hydrogens is 483 g/mol. The van der Waals surface area contributed by atoms with E-state index in [1.807, 2.05) is 24.3 Å². The normalized spacial score (nSPS) is 20.8. The van der Waals surface area contributed by atoms with E-state index in [2.05, 4.69) is 26.8 Å². The zero-order valence-corrected chi connectivity index (χ0v) is 21.6. The van der Waals surface area contributed by atoms with Gasteiger partial charge in [-0.05, 0) is 68.6 Å². The Hall–Kier alpha value is -3.56. The predicted molar refractivity (Wildman–Crippen MR) is 147 cm³/mol. The molecule has 2 aliphatic rings. The van der Waals surface area contributed by atoms with Crippen LogP contribution in [0.15, 0.2) is 42.6 Å². The van der Waals surface area contributed by atoms with Crippen LogP contribution in [0.25, 0.3) is 32.9 Å². The molecule has 38 heavy (non-hydrogen) atoms. The number of rotatable bonds is 5. The third-order valence-electron chi connectivity index (χ3n) is 7.91. The van der Waals surface area contributed by atoms with Crippen LogP contribution in [0.5, 0.6) is 11.8 Å². The van der Waals surface area contributed by atoms with Crippen LogP contribution in [0, 0.1) is 5.82 Å². The number of likely N-dealkylation sites (N-methyl/N-ethyl adjacent to an activating group) is 1. The van der Waals surface area contributed by atoms with Crippen LogP contribution in [-0.4, -0.2) is 70.3 Å². The van der Waals surface area contributed by atoms with Gasteiger partial charge in [0.15, 0.2) is 5.82 Å². The largest absolute Gasteiger partial charge is 0.507 e. The van der Waals surface area contributed by atoms with Crippen molar-refractivity contribution >= 4 is 27.5 Å². The number of fused-ring (bicyclic) bond motifs is 2. The topological polar surface area (TPSA) is 101 Å². The monoisotopic (exact) mass is 516 g/mol. The van der Waals surface area contributed by atoms with Crippen LogP contribution in [0.3, 0.4) is 0 Å². The molecule has 2 aromatic heterocycles. The van der Waals surface area contributed by atoms with E-state index in [1.54, 1.807) is 18.3 Å². The Bertz CT molecular complexity index is 1480. The summed E-state index contributed by atoms with van der Waals surface area (Å²) in [6.45, 7) is 2.95. The lowest BCUT2D eigenvalue weighted by Gasteiger charge is -2.24. The Morgan fingerprint density at radius 1 is 1.05 bits per heavy atom. The number of pyridine rings is 1. The highest BCUT2D eigenvalue weighted by Crippen LogP contribution is 2.37. The van der Waals surface area contributed by atoms with Crippen LogP contribution >= 0.6 is 0 Å². The molecule has 0 aliphatic carbocycles. The molecule has 4 aromatic rings. The molecule has 0 radical (unpaired) electrons. The van der Waals surface area contributed by atoms with E-state index in [0.717, 1.165) is 56.0 Å². The number of anilines is 1. The van der Waals surface area contributed by atoms with Gasteiger partial charge < -0.3 is 25.4 Å². The van der Waals surface area contributed by atoms with Crippen molar-refractivity contribution in [2.24, 2.45) is 5.73 Å². The minimum absolute atomic E-state index is 0.0361. The molecule has 6 rings (SSSR count). The Morgan fingerprint density at radius 2 is 1.84 bits per heavy atom. The van der Waals surface area contributed by atoms with Crippen molar-refractivity contribution in [1.29, 1.82) is 0 Å². The van der Waals surface area contributed by atoms with Crippen LogP contribution in [0.1, 0.15) is 32.1 Å². The third-order valence-corrected chi connectivity index (χ3v) is 7.91. The molecular formula is C29H33FN6O2. The average molecular weight is 517 g/mol. The summed E-state index contributed by atoms with van der Waals surface area (Å²) in [4.78, 5) is 18.2. The highest BCUT2D eigenvalue weighted by Gasteiger charge is 2.26. The fourth-order valence-corrected chi connectivity index (χ4v) is 5.63. The molecule has 4 heterocycles. The molecule has 2 aromatic carbocycles. The number of ether oxygens (including phenoxy) is 1. The first-order chi connectivity index (χ1) is 18.5. The second-order valence-electron chi connectivity index (χ2n) is 10.5. The number of hydrogen-bond donors (Lipinski definition) is 2. The molecule has 0 bridgehead atoms. The van der Waals surface area contributed by atoms with Gasteiger partial charge in [0.05, 0.1) is 5.39 Å². The van der Waals surface area contributed by atoms with E-state index in [9.17, 15) is 5.11 Å². The summed E-state index contributed by atoms with van der Waals surface area (Å²) in [5.74, 6) is -0.0309. The maximum absolute atomic E-state index is 16.2. The van der Waals surface area contributed by atoms with Gasteiger partial charge in [0.25, 0.3) is 0 Å². The summed E-state index contributed by atoms with van der Waals surface area (Å²) in [5, 5.41) is 13.0. The quantitative estimate of drug-likeness (QED) is 0.401. The summed E-state index contributed by atoms with van der Waals surface area (Å²) in [6.07, 6.45) is 6.47. The Morgan fingerprint density at radius 3 is 2.63 bits per heavy atom. The number of phenolic OH excluding ortho intramolecular Hbond substituents is 1. The number of aromatic hydroxyl groups is 1. The SMILES string of the molecule is CN1CCC[C@H]1COc1nc(N2CCCC(N)CC2)c2cnc(-c3cc4ccccc4cc3O)c(F)c2n1. The summed E-state index contributed by atoms with van der Waals surface area (Å²) >= 11 is 0. The van der Waals surface area contributed by atoms with Crippen molar-refractivity contribution < 1.29 is 14.2 Å². The molecule has 198 valence electrons. The first-order valence-corrected chi connectivity index (χ1v) is 13.4. The summed E-state index contributed by atoms with van der Waals surface area (Å²) in [5.41, 5.74) is 6.73. The molecule has 0 spiro atoms. The Balaban J connectivity index is 1.45. The highest BCUT2D eigenvalue weighted by atomic mass is 19.1. The Labute approximate surface area is 221 Å². The minimum atomic E-state index is -0.605. The van der Waals surface area contributed by atoms with E-state index < -0.39 is 5.82 Å². The molecule has 3 N–H and O–H groups in total. The highest BCUT2D eigenvalue weighted by molar-refractivity contribution is 5.95. The Kier molecular flexibility index (Phi) is 6.71. The lowest BCUT2D eigenvalue weighted by atomic mass is 10.0. The van der Waals surface area contributed by atoms with Gasteiger partial charge in [-0.1, -0.05) is 24.3 Å². The molecule has 2 fully saturated rings. The second-order valence-corrected chi connectivity index (χ2v) is 10.5. The molecule has 0 saturated carbocycles. The summed E-state index contributed by atoms with van der Waals surface area (Å²) in [7, 11) is 2.09. The number of aromatic nitrogens is 3. The van der Waals surface area contributed by atoms with Crippen LogP contribution in [-0.2, 0) is 0 Å². The van der Waals surface area contributed by atoms with Gasteiger partial charge in [-0.3, -0.25) is 4.98 Å². The van der Waals surface area contributed by atoms with E-state index >= 15 is 4.39 Å². The van der Waals surface area contributed by atoms with Gasteiger partial charge in [0.1, 0.15) is 29.4 Å². The molecule has 1 unspecified atom stereocenters. The lowest BCUT2D eigenvalue weighted by Crippen LogP contribution is -2.31. The van der Waals surface area contributed by atoms with Crippen molar-refractivity contribution in [3.63, 3.8) is 0 Å². The first kappa shape index (κ1) is 24.8. The zero-order chi connectivity index (χ0) is 26.2. The smallest absolute Gasteiger partial charge is 0.319 e. The van der Waals surface area contributed by atoms with Crippen molar-refractivity contribution in [1.82, 2.24) is 19.9 Å². The van der Waals surface area contributed by atoms with Gasteiger partial charge in [0.2, 0.25) is 0 Å². The number of phenols is 1. The molecule has 2 aliphatic heterocycles. The number of nitrogens with two attached hydrogens (primary N) is 1. The van der Waals surface area contributed by atoms with Gasteiger partial charge in [-0.2, -0.15) is 9.97 Å². The number of nitrogens with zero attached hydrogens (tertiary/aromatic N) is 5. The van der Waals surface area contributed by atoms with Gasteiger partial charge in [0, 0.05) is 36.9 Å².